The maximum Gasteiger partial charge on any atom is 0.227 e. The summed E-state index contributed by atoms with van der Waals surface area (Å²) in [5.41, 5.74) is 0.873. The van der Waals surface area contributed by atoms with Crippen molar-refractivity contribution in [2.75, 3.05) is 5.32 Å². The molecule has 0 unspecified atom stereocenters. The molecule has 0 bridgehead atoms. The zero-order valence-electron chi connectivity index (χ0n) is 9.21. The summed E-state index contributed by atoms with van der Waals surface area (Å²) < 4.78 is 0.944. The van der Waals surface area contributed by atoms with E-state index in [0.29, 0.717) is 0 Å². The lowest BCUT2D eigenvalue weighted by Crippen LogP contribution is -2.24. The molecule has 0 aromatic heterocycles. The van der Waals surface area contributed by atoms with Gasteiger partial charge in [0.1, 0.15) is 0 Å². The van der Waals surface area contributed by atoms with Gasteiger partial charge in [-0.2, -0.15) is 0 Å². The predicted molar refractivity (Wildman–Crippen MR) is 69.3 cm³/mol. The number of hydrogen-bond acceptors (Lipinski definition) is 1. The van der Waals surface area contributed by atoms with E-state index in [-0.39, 0.29) is 11.8 Å². The van der Waals surface area contributed by atoms with Gasteiger partial charge in [0.05, 0.1) is 5.69 Å². The highest BCUT2D eigenvalue weighted by atomic mass is 79.9. The molecule has 2 rings (SSSR count). The smallest absolute Gasteiger partial charge is 0.227 e. The number of carbonyl (C=O) groups is 1. The zero-order chi connectivity index (χ0) is 11.4. The molecule has 1 aliphatic carbocycles. The van der Waals surface area contributed by atoms with Crippen LogP contribution in [0.4, 0.5) is 5.69 Å². The SMILES string of the molecule is O=C(Nc1ccccc1Br)C1CCCCC1. The van der Waals surface area contributed by atoms with Gasteiger partial charge in [-0.05, 0) is 40.9 Å². The lowest BCUT2D eigenvalue weighted by Gasteiger charge is -2.21. The Morgan fingerprint density at radius 2 is 1.88 bits per heavy atom. The van der Waals surface area contributed by atoms with Crippen molar-refractivity contribution in [3.05, 3.63) is 28.7 Å². The van der Waals surface area contributed by atoms with E-state index in [4.69, 9.17) is 0 Å². The standard InChI is InChI=1S/C13H16BrNO/c14-11-8-4-5-9-12(11)15-13(16)10-6-2-1-3-7-10/h4-5,8-10H,1-3,6-7H2,(H,15,16). The second-order valence-corrected chi connectivity index (χ2v) is 5.16. The third-order valence-corrected chi connectivity index (χ3v) is 3.80. The Hall–Kier alpha value is -0.830. The molecule has 1 N–H and O–H groups in total. The minimum absolute atomic E-state index is 0.173. The molecule has 0 atom stereocenters. The minimum Gasteiger partial charge on any atom is -0.325 e. The topological polar surface area (TPSA) is 29.1 Å². The maximum absolute atomic E-state index is 12.0. The fourth-order valence-electron chi connectivity index (χ4n) is 2.16. The highest BCUT2D eigenvalue weighted by molar-refractivity contribution is 9.10. The van der Waals surface area contributed by atoms with Crippen LogP contribution in [0.3, 0.4) is 0 Å². The first-order chi connectivity index (χ1) is 7.77. The van der Waals surface area contributed by atoms with Crippen LogP contribution < -0.4 is 5.32 Å². The van der Waals surface area contributed by atoms with Gasteiger partial charge in [0, 0.05) is 10.4 Å². The van der Waals surface area contributed by atoms with E-state index in [0.717, 1.165) is 23.0 Å². The molecule has 86 valence electrons. The number of carbonyl (C=O) groups excluding carboxylic acids is 1. The Labute approximate surface area is 105 Å². The molecule has 3 heteroatoms. The van der Waals surface area contributed by atoms with Crippen molar-refractivity contribution < 1.29 is 4.79 Å². The van der Waals surface area contributed by atoms with Crippen molar-refractivity contribution in [2.45, 2.75) is 32.1 Å². The summed E-state index contributed by atoms with van der Waals surface area (Å²) in [6.45, 7) is 0. The van der Waals surface area contributed by atoms with E-state index in [1.807, 2.05) is 24.3 Å². The number of nitrogens with one attached hydrogen (secondary N) is 1. The number of benzene rings is 1. The van der Waals surface area contributed by atoms with Crippen LogP contribution >= 0.6 is 15.9 Å². The number of amides is 1. The fourth-order valence-corrected chi connectivity index (χ4v) is 2.55. The van der Waals surface area contributed by atoms with Crippen LogP contribution in [-0.2, 0) is 4.79 Å². The average Bonchev–Trinajstić information content (AvgIpc) is 2.33. The average molecular weight is 282 g/mol. The van der Waals surface area contributed by atoms with E-state index in [9.17, 15) is 4.79 Å². The summed E-state index contributed by atoms with van der Waals surface area (Å²) in [6, 6.07) is 7.74. The first-order valence-electron chi connectivity index (χ1n) is 5.83. The van der Waals surface area contributed by atoms with E-state index in [1.54, 1.807) is 0 Å². The largest absolute Gasteiger partial charge is 0.325 e. The van der Waals surface area contributed by atoms with Gasteiger partial charge in [0.15, 0.2) is 0 Å². The summed E-state index contributed by atoms with van der Waals surface area (Å²) in [5.74, 6) is 0.382. The normalized spacial score (nSPS) is 17.1. The van der Waals surface area contributed by atoms with Crippen molar-refractivity contribution in [1.82, 2.24) is 0 Å². The quantitative estimate of drug-likeness (QED) is 0.873. The second kappa shape index (κ2) is 5.48. The van der Waals surface area contributed by atoms with Crippen molar-refractivity contribution in [1.29, 1.82) is 0 Å². The fraction of sp³-hybridized carbons (Fsp3) is 0.462. The molecule has 1 fully saturated rings. The summed E-state index contributed by atoms with van der Waals surface area (Å²) in [4.78, 5) is 12.0. The monoisotopic (exact) mass is 281 g/mol. The molecule has 1 amide bonds. The summed E-state index contributed by atoms with van der Waals surface area (Å²) in [6.07, 6.45) is 5.73. The lowest BCUT2D eigenvalue weighted by atomic mass is 9.88. The molecule has 16 heavy (non-hydrogen) atoms. The van der Waals surface area contributed by atoms with Gasteiger partial charge >= 0.3 is 0 Å². The van der Waals surface area contributed by atoms with Gasteiger partial charge in [0.25, 0.3) is 0 Å². The van der Waals surface area contributed by atoms with Crippen LogP contribution in [0.2, 0.25) is 0 Å². The lowest BCUT2D eigenvalue weighted by molar-refractivity contribution is -0.120. The van der Waals surface area contributed by atoms with Gasteiger partial charge in [-0.3, -0.25) is 4.79 Å². The van der Waals surface area contributed by atoms with E-state index < -0.39 is 0 Å². The van der Waals surface area contributed by atoms with Gasteiger partial charge in [-0.25, -0.2) is 0 Å². The molecule has 1 aromatic carbocycles. The maximum atomic E-state index is 12.0. The Balaban J connectivity index is 1.99. The molecule has 1 saturated carbocycles. The number of rotatable bonds is 2. The highest BCUT2D eigenvalue weighted by Crippen LogP contribution is 2.27. The summed E-state index contributed by atoms with van der Waals surface area (Å²) in [7, 11) is 0. The van der Waals surface area contributed by atoms with Crippen molar-refractivity contribution in [3.63, 3.8) is 0 Å². The van der Waals surface area contributed by atoms with E-state index in [2.05, 4.69) is 21.2 Å². The number of anilines is 1. The van der Waals surface area contributed by atoms with Crippen LogP contribution in [-0.4, -0.2) is 5.91 Å². The van der Waals surface area contributed by atoms with Crippen LogP contribution in [0.15, 0.2) is 28.7 Å². The third-order valence-electron chi connectivity index (χ3n) is 3.11. The molecule has 0 aliphatic heterocycles. The molecule has 0 saturated heterocycles. The second-order valence-electron chi connectivity index (χ2n) is 4.30. The molecule has 0 heterocycles. The van der Waals surface area contributed by atoms with Gasteiger partial charge in [-0.15, -0.1) is 0 Å². The van der Waals surface area contributed by atoms with Crippen LogP contribution in [0.1, 0.15) is 32.1 Å². The molecular weight excluding hydrogens is 266 g/mol. The number of hydrogen-bond donors (Lipinski definition) is 1. The van der Waals surface area contributed by atoms with Crippen molar-refractivity contribution in [3.8, 4) is 0 Å². The Morgan fingerprint density at radius 1 is 1.19 bits per heavy atom. The van der Waals surface area contributed by atoms with E-state index in [1.165, 1.54) is 19.3 Å². The highest BCUT2D eigenvalue weighted by Gasteiger charge is 2.21. The summed E-state index contributed by atoms with van der Waals surface area (Å²) in [5, 5.41) is 2.99. The molecule has 1 aromatic rings. The molecule has 0 spiro atoms. The van der Waals surface area contributed by atoms with Crippen molar-refractivity contribution in [2.24, 2.45) is 5.92 Å². The third kappa shape index (κ3) is 2.85. The molecule has 1 aliphatic rings. The predicted octanol–water partition coefficient (Wildman–Crippen LogP) is 3.97. The Kier molecular flexibility index (Phi) is 3.99. The van der Waals surface area contributed by atoms with Crippen LogP contribution in [0.5, 0.6) is 0 Å². The van der Waals surface area contributed by atoms with Crippen LogP contribution in [0.25, 0.3) is 0 Å². The Bertz CT molecular complexity index is 372. The Morgan fingerprint density at radius 3 is 2.56 bits per heavy atom. The minimum atomic E-state index is 0.173. The van der Waals surface area contributed by atoms with E-state index >= 15 is 0 Å². The number of halogens is 1. The number of para-hydroxylation sites is 1. The van der Waals surface area contributed by atoms with Gasteiger partial charge in [-0.1, -0.05) is 31.4 Å². The van der Waals surface area contributed by atoms with Gasteiger partial charge in [0.2, 0.25) is 5.91 Å². The first-order valence-corrected chi connectivity index (χ1v) is 6.62. The molecule has 0 radical (unpaired) electrons. The first kappa shape index (κ1) is 11.6. The zero-order valence-corrected chi connectivity index (χ0v) is 10.8. The van der Waals surface area contributed by atoms with Gasteiger partial charge < -0.3 is 5.32 Å². The summed E-state index contributed by atoms with van der Waals surface area (Å²) >= 11 is 3.43. The molecular formula is C13H16BrNO. The van der Waals surface area contributed by atoms with Crippen LogP contribution in [0, 0.1) is 5.92 Å². The van der Waals surface area contributed by atoms with Crippen molar-refractivity contribution >= 4 is 27.5 Å². The molecule has 2 nitrogen and oxygen atoms in total.